The van der Waals surface area contributed by atoms with Crippen molar-refractivity contribution < 1.29 is 19.1 Å². The van der Waals surface area contributed by atoms with Crippen LogP contribution in [-0.4, -0.2) is 53.9 Å². The van der Waals surface area contributed by atoms with Crippen LogP contribution in [0.3, 0.4) is 0 Å². The molecule has 1 saturated heterocycles. The van der Waals surface area contributed by atoms with Gasteiger partial charge in [0.2, 0.25) is 11.8 Å². The summed E-state index contributed by atoms with van der Waals surface area (Å²) in [6, 6.07) is 0. The van der Waals surface area contributed by atoms with Crippen molar-refractivity contribution in [2.24, 2.45) is 11.7 Å². The zero-order valence-corrected chi connectivity index (χ0v) is 12.8. The minimum absolute atomic E-state index is 0.00216. The summed E-state index contributed by atoms with van der Waals surface area (Å²) in [6.45, 7) is 2.98. The van der Waals surface area contributed by atoms with Gasteiger partial charge in [-0.05, 0) is 12.8 Å². The first-order valence-electron chi connectivity index (χ1n) is 6.69. The minimum Gasteiger partial charge on any atom is -0.469 e. The number of rotatable bonds is 6. The van der Waals surface area contributed by atoms with Crippen molar-refractivity contribution in [3.05, 3.63) is 0 Å². The number of hydrogen-bond acceptors (Lipinski definition) is 5. The standard InChI is InChI=1S/C13H22N2O4S/c1-9(6-12(17)19-2)20-8-11(16)15-5-3-4-10(7-15)13(14)18/h9-10H,3-8H2,1-2H3,(H2,14,18). The van der Waals surface area contributed by atoms with Gasteiger partial charge in [-0.25, -0.2) is 0 Å². The predicted octanol–water partition coefficient (Wildman–Crippen LogP) is 0.395. The molecule has 1 aliphatic heterocycles. The van der Waals surface area contributed by atoms with Gasteiger partial charge in [-0.15, -0.1) is 11.8 Å². The van der Waals surface area contributed by atoms with E-state index in [1.807, 2.05) is 6.92 Å². The second kappa shape index (κ2) is 8.14. The van der Waals surface area contributed by atoms with Crippen molar-refractivity contribution >= 4 is 29.5 Å². The van der Waals surface area contributed by atoms with Crippen molar-refractivity contribution in [3.8, 4) is 0 Å². The third-order valence-corrected chi connectivity index (χ3v) is 4.50. The van der Waals surface area contributed by atoms with E-state index < -0.39 is 0 Å². The molecule has 20 heavy (non-hydrogen) atoms. The summed E-state index contributed by atoms with van der Waals surface area (Å²) in [4.78, 5) is 36.0. The maximum atomic E-state index is 12.1. The highest BCUT2D eigenvalue weighted by Gasteiger charge is 2.27. The first kappa shape index (κ1) is 16.8. The largest absolute Gasteiger partial charge is 0.469 e. The Morgan fingerprint density at radius 3 is 2.75 bits per heavy atom. The molecule has 2 atom stereocenters. The quantitative estimate of drug-likeness (QED) is 0.717. The van der Waals surface area contributed by atoms with Crippen LogP contribution in [0.2, 0.25) is 0 Å². The Morgan fingerprint density at radius 1 is 1.45 bits per heavy atom. The monoisotopic (exact) mass is 302 g/mol. The van der Waals surface area contributed by atoms with Gasteiger partial charge in [-0.2, -0.15) is 0 Å². The normalized spacial score (nSPS) is 20.3. The molecular formula is C13H22N2O4S. The fraction of sp³-hybridized carbons (Fsp3) is 0.769. The number of carbonyl (C=O) groups is 3. The van der Waals surface area contributed by atoms with Crippen molar-refractivity contribution in [1.82, 2.24) is 4.90 Å². The molecule has 7 heteroatoms. The lowest BCUT2D eigenvalue weighted by Gasteiger charge is -2.31. The Morgan fingerprint density at radius 2 is 2.15 bits per heavy atom. The summed E-state index contributed by atoms with van der Waals surface area (Å²) < 4.78 is 4.59. The highest BCUT2D eigenvalue weighted by Crippen LogP contribution is 2.19. The van der Waals surface area contributed by atoms with Crippen LogP contribution in [0.15, 0.2) is 0 Å². The van der Waals surface area contributed by atoms with Gasteiger partial charge in [0.1, 0.15) is 0 Å². The van der Waals surface area contributed by atoms with Crippen molar-refractivity contribution in [3.63, 3.8) is 0 Å². The van der Waals surface area contributed by atoms with Crippen LogP contribution in [0.1, 0.15) is 26.2 Å². The number of likely N-dealkylation sites (tertiary alicyclic amines) is 1. The fourth-order valence-electron chi connectivity index (χ4n) is 2.12. The summed E-state index contributed by atoms with van der Waals surface area (Å²) in [5.41, 5.74) is 5.29. The highest BCUT2D eigenvalue weighted by atomic mass is 32.2. The van der Waals surface area contributed by atoms with Crippen molar-refractivity contribution in [2.45, 2.75) is 31.4 Å². The number of piperidine rings is 1. The zero-order valence-electron chi connectivity index (χ0n) is 12.0. The summed E-state index contributed by atoms with van der Waals surface area (Å²) in [7, 11) is 1.35. The molecule has 0 bridgehead atoms. The van der Waals surface area contributed by atoms with Gasteiger partial charge in [0.25, 0.3) is 0 Å². The van der Waals surface area contributed by atoms with E-state index in [0.717, 1.165) is 12.8 Å². The van der Waals surface area contributed by atoms with Crippen LogP contribution in [0.25, 0.3) is 0 Å². The third-order valence-electron chi connectivity index (χ3n) is 3.35. The summed E-state index contributed by atoms with van der Waals surface area (Å²) in [6.07, 6.45) is 1.85. The number of thioether (sulfide) groups is 1. The number of esters is 1. The minimum atomic E-state index is -0.339. The summed E-state index contributed by atoms with van der Waals surface area (Å²) in [5.74, 6) is -0.537. The van der Waals surface area contributed by atoms with Gasteiger partial charge in [0.15, 0.2) is 0 Å². The van der Waals surface area contributed by atoms with Gasteiger partial charge in [-0.1, -0.05) is 6.92 Å². The molecule has 0 aromatic carbocycles. The second-order valence-electron chi connectivity index (χ2n) is 4.98. The van der Waals surface area contributed by atoms with Crippen molar-refractivity contribution in [1.29, 1.82) is 0 Å². The number of methoxy groups -OCH3 is 1. The molecular weight excluding hydrogens is 280 g/mol. The van der Waals surface area contributed by atoms with Crippen LogP contribution in [0, 0.1) is 5.92 Å². The number of nitrogens with two attached hydrogens (primary N) is 1. The van der Waals surface area contributed by atoms with Crippen molar-refractivity contribution in [2.75, 3.05) is 26.0 Å². The molecule has 1 aliphatic rings. The van der Waals surface area contributed by atoms with Crippen LogP contribution < -0.4 is 5.73 Å². The molecule has 0 spiro atoms. The third kappa shape index (κ3) is 5.40. The fourth-order valence-corrected chi connectivity index (χ4v) is 2.98. The lowest BCUT2D eigenvalue weighted by atomic mass is 9.97. The van der Waals surface area contributed by atoms with Crippen LogP contribution in [0.5, 0.6) is 0 Å². The lowest BCUT2D eigenvalue weighted by molar-refractivity contribution is -0.140. The maximum absolute atomic E-state index is 12.1. The van der Waals surface area contributed by atoms with Crippen LogP contribution in [-0.2, 0) is 19.1 Å². The van der Waals surface area contributed by atoms with Gasteiger partial charge in [-0.3, -0.25) is 14.4 Å². The number of primary amides is 1. The average Bonchev–Trinajstić information content (AvgIpc) is 2.44. The molecule has 0 aromatic rings. The van der Waals surface area contributed by atoms with Gasteiger partial charge < -0.3 is 15.4 Å². The zero-order chi connectivity index (χ0) is 15.1. The van der Waals surface area contributed by atoms with Crippen LogP contribution in [0.4, 0.5) is 0 Å². The lowest BCUT2D eigenvalue weighted by Crippen LogP contribution is -2.44. The molecule has 0 aromatic heterocycles. The predicted molar refractivity (Wildman–Crippen MR) is 77.1 cm³/mol. The van der Waals surface area contributed by atoms with Gasteiger partial charge >= 0.3 is 5.97 Å². The van der Waals surface area contributed by atoms with E-state index in [2.05, 4.69) is 4.74 Å². The Labute approximate surface area is 123 Å². The molecule has 114 valence electrons. The first-order chi connectivity index (χ1) is 9.43. The molecule has 0 aliphatic carbocycles. The Bertz CT molecular complexity index is 375. The molecule has 2 unspecified atom stereocenters. The van der Waals surface area contributed by atoms with Crippen LogP contribution >= 0.6 is 11.8 Å². The number of hydrogen-bond donors (Lipinski definition) is 1. The molecule has 0 saturated carbocycles. The summed E-state index contributed by atoms with van der Waals surface area (Å²) >= 11 is 1.42. The number of carbonyl (C=O) groups excluding carboxylic acids is 3. The number of amides is 2. The van der Waals surface area contributed by atoms with E-state index in [1.54, 1.807) is 4.90 Å². The Kier molecular flexibility index (Phi) is 6.84. The van der Waals surface area contributed by atoms with E-state index in [9.17, 15) is 14.4 Å². The SMILES string of the molecule is COC(=O)CC(C)SCC(=O)N1CCCC(C(N)=O)C1. The number of nitrogens with zero attached hydrogens (tertiary/aromatic N) is 1. The first-order valence-corrected chi connectivity index (χ1v) is 7.74. The van der Waals surface area contributed by atoms with Gasteiger partial charge in [0, 0.05) is 18.3 Å². The Hall–Kier alpha value is -1.24. The molecule has 2 amide bonds. The summed E-state index contributed by atoms with van der Waals surface area (Å²) in [5, 5.41) is 0.0307. The topological polar surface area (TPSA) is 89.7 Å². The molecule has 6 nitrogen and oxygen atoms in total. The Balaban J connectivity index is 2.35. The van der Waals surface area contributed by atoms with E-state index in [1.165, 1.54) is 18.9 Å². The maximum Gasteiger partial charge on any atom is 0.306 e. The highest BCUT2D eigenvalue weighted by molar-refractivity contribution is 8.00. The smallest absolute Gasteiger partial charge is 0.306 e. The molecule has 0 radical (unpaired) electrons. The molecule has 2 N–H and O–H groups in total. The van der Waals surface area contributed by atoms with E-state index in [0.29, 0.717) is 25.3 Å². The van der Waals surface area contributed by atoms with E-state index >= 15 is 0 Å². The second-order valence-corrected chi connectivity index (χ2v) is 6.41. The molecule has 1 fully saturated rings. The number of ether oxygens (including phenoxy) is 1. The average molecular weight is 302 g/mol. The van der Waals surface area contributed by atoms with Gasteiger partial charge in [0.05, 0.1) is 25.2 Å². The molecule has 1 heterocycles. The molecule has 1 rings (SSSR count). The van der Waals surface area contributed by atoms with E-state index in [-0.39, 0.29) is 29.0 Å². The van der Waals surface area contributed by atoms with E-state index in [4.69, 9.17) is 5.73 Å².